The summed E-state index contributed by atoms with van der Waals surface area (Å²) >= 11 is 0. The van der Waals surface area contributed by atoms with E-state index in [4.69, 9.17) is 4.84 Å². The molecule has 0 aliphatic rings. The number of hydrogen-bond acceptors (Lipinski definition) is 3. The average molecular weight is 165 g/mol. The Morgan fingerprint density at radius 1 is 1.33 bits per heavy atom. The maximum absolute atomic E-state index is 10.4. The van der Waals surface area contributed by atoms with Crippen molar-refractivity contribution in [3.05, 3.63) is 30.3 Å². The molecule has 0 spiro atoms. The highest BCUT2D eigenvalue weighted by atomic mass is 16.7. The lowest BCUT2D eigenvalue weighted by Crippen LogP contribution is -2.27. The summed E-state index contributed by atoms with van der Waals surface area (Å²) in [6, 6.07) is 8.63. The molecular formula is C8H7NO3. The van der Waals surface area contributed by atoms with Gasteiger partial charge in [-0.15, -0.1) is 0 Å². The fourth-order valence-electron chi connectivity index (χ4n) is 0.622. The molecule has 0 bridgehead atoms. The van der Waals surface area contributed by atoms with Crippen molar-refractivity contribution < 1.29 is 14.4 Å². The molecule has 0 saturated heterocycles. The fraction of sp³-hybridized carbons (Fsp3) is 0. The van der Waals surface area contributed by atoms with Crippen molar-refractivity contribution in [3.63, 3.8) is 0 Å². The second-order valence-corrected chi connectivity index (χ2v) is 2.00. The van der Waals surface area contributed by atoms with Crippen molar-refractivity contribution in [1.82, 2.24) is 5.48 Å². The Morgan fingerprint density at radius 2 is 2.00 bits per heavy atom. The van der Waals surface area contributed by atoms with Crippen LogP contribution in [0.15, 0.2) is 30.3 Å². The van der Waals surface area contributed by atoms with Gasteiger partial charge >= 0.3 is 5.91 Å². The molecule has 4 heteroatoms. The zero-order chi connectivity index (χ0) is 8.81. The van der Waals surface area contributed by atoms with E-state index in [2.05, 4.69) is 0 Å². The summed E-state index contributed by atoms with van der Waals surface area (Å²) in [6.07, 6.45) is 0.142. The first kappa shape index (κ1) is 8.26. The maximum Gasteiger partial charge on any atom is 0.316 e. The molecule has 0 aliphatic carbocycles. The SMILES string of the molecule is O=CC(=O)NOc1ccccc1. The average Bonchev–Trinajstić information content (AvgIpc) is 2.16. The van der Waals surface area contributed by atoms with E-state index in [1.165, 1.54) is 0 Å². The molecule has 1 amide bonds. The minimum absolute atomic E-state index is 0.142. The highest BCUT2D eigenvalue weighted by molar-refractivity contribution is 6.23. The molecule has 4 nitrogen and oxygen atoms in total. The van der Waals surface area contributed by atoms with Gasteiger partial charge in [0.1, 0.15) is 0 Å². The summed E-state index contributed by atoms with van der Waals surface area (Å²) < 4.78 is 0. The van der Waals surface area contributed by atoms with Gasteiger partial charge in [0, 0.05) is 0 Å². The van der Waals surface area contributed by atoms with E-state index < -0.39 is 5.91 Å². The van der Waals surface area contributed by atoms with Gasteiger partial charge in [-0.3, -0.25) is 9.59 Å². The van der Waals surface area contributed by atoms with Gasteiger partial charge in [0.15, 0.2) is 5.75 Å². The number of amides is 1. The number of aldehydes is 1. The minimum Gasteiger partial charge on any atom is -0.379 e. The predicted octanol–water partition coefficient (Wildman–Crippen LogP) is 0.295. The molecule has 0 saturated carbocycles. The van der Waals surface area contributed by atoms with Crippen molar-refractivity contribution in [3.8, 4) is 5.75 Å². The van der Waals surface area contributed by atoms with Crippen molar-refractivity contribution >= 4 is 12.2 Å². The van der Waals surface area contributed by atoms with Crippen LogP contribution in [0.1, 0.15) is 0 Å². The van der Waals surface area contributed by atoms with Crippen LogP contribution in [0.5, 0.6) is 5.75 Å². The van der Waals surface area contributed by atoms with Crippen LogP contribution in [0.25, 0.3) is 0 Å². The van der Waals surface area contributed by atoms with Gasteiger partial charge < -0.3 is 4.84 Å². The molecule has 0 atom stereocenters. The van der Waals surface area contributed by atoms with Crippen LogP contribution in [0.2, 0.25) is 0 Å². The van der Waals surface area contributed by atoms with Gasteiger partial charge in [-0.2, -0.15) is 5.48 Å². The summed E-state index contributed by atoms with van der Waals surface area (Å²) in [5, 5.41) is 0. The van der Waals surface area contributed by atoms with Crippen molar-refractivity contribution in [2.45, 2.75) is 0 Å². The normalized spacial score (nSPS) is 8.67. The number of carbonyl (C=O) groups excluding carboxylic acids is 2. The molecule has 0 aliphatic heterocycles. The maximum atomic E-state index is 10.4. The molecule has 0 heterocycles. The number of nitrogens with one attached hydrogen (secondary N) is 1. The largest absolute Gasteiger partial charge is 0.379 e. The smallest absolute Gasteiger partial charge is 0.316 e. The Labute approximate surface area is 69.1 Å². The Kier molecular flexibility index (Phi) is 2.84. The zero-order valence-corrected chi connectivity index (χ0v) is 6.19. The summed E-state index contributed by atoms with van der Waals surface area (Å²) in [5.74, 6) is -0.327. The van der Waals surface area contributed by atoms with E-state index in [1.54, 1.807) is 24.3 Å². The predicted molar refractivity (Wildman–Crippen MR) is 41.3 cm³/mol. The molecule has 1 rings (SSSR count). The number of hydroxylamine groups is 1. The third kappa shape index (κ3) is 2.42. The first-order valence-corrected chi connectivity index (χ1v) is 3.30. The van der Waals surface area contributed by atoms with Gasteiger partial charge in [-0.25, -0.2) is 0 Å². The number of benzene rings is 1. The number of rotatable bonds is 3. The molecule has 62 valence electrons. The second-order valence-electron chi connectivity index (χ2n) is 2.00. The highest BCUT2D eigenvalue weighted by Gasteiger charge is 1.96. The van der Waals surface area contributed by atoms with Crippen LogP contribution in [0.4, 0.5) is 0 Å². The Hall–Kier alpha value is -1.84. The first-order valence-electron chi connectivity index (χ1n) is 3.30. The van der Waals surface area contributed by atoms with E-state index >= 15 is 0 Å². The van der Waals surface area contributed by atoms with E-state index in [1.807, 2.05) is 11.5 Å². The third-order valence-electron chi connectivity index (χ3n) is 1.12. The molecule has 0 aromatic heterocycles. The molecule has 12 heavy (non-hydrogen) atoms. The molecule has 0 radical (unpaired) electrons. The van der Waals surface area contributed by atoms with Crippen LogP contribution < -0.4 is 10.3 Å². The van der Waals surface area contributed by atoms with E-state index in [-0.39, 0.29) is 6.29 Å². The lowest BCUT2D eigenvalue weighted by Gasteiger charge is -2.01. The molecule has 1 aromatic rings. The Balaban J connectivity index is 2.43. The van der Waals surface area contributed by atoms with Gasteiger partial charge in [0.05, 0.1) is 0 Å². The zero-order valence-electron chi connectivity index (χ0n) is 6.19. The van der Waals surface area contributed by atoms with Crippen LogP contribution >= 0.6 is 0 Å². The van der Waals surface area contributed by atoms with Crippen LogP contribution in [-0.4, -0.2) is 12.2 Å². The molecule has 1 aromatic carbocycles. The van der Waals surface area contributed by atoms with Gasteiger partial charge in [0.2, 0.25) is 6.29 Å². The van der Waals surface area contributed by atoms with Gasteiger partial charge in [-0.05, 0) is 12.1 Å². The lowest BCUT2D eigenvalue weighted by atomic mass is 10.3. The van der Waals surface area contributed by atoms with Crippen molar-refractivity contribution in [1.29, 1.82) is 0 Å². The summed E-state index contributed by atoms with van der Waals surface area (Å²) in [6.45, 7) is 0. The van der Waals surface area contributed by atoms with Crippen LogP contribution in [0.3, 0.4) is 0 Å². The number of para-hydroxylation sites is 1. The van der Waals surface area contributed by atoms with Gasteiger partial charge in [0.25, 0.3) is 0 Å². The first-order chi connectivity index (χ1) is 5.83. The molecular weight excluding hydrogens is 158 g/mol. The third-order valence-corrected chi connectivity index (χ3v) is 1.12. The minimum atomic E-state index is -0.807. The number of carbonyl (C=O) groups is 2. The summed E-state index contributed by atoms with van der Waals surface area (Å²) in [4.78, 5) is 24.9. The van der Waals surface area contributed by atoms with Crippen molar-refractivity contribution in [2.75, 3.05) is 0 Å². The number of hydrogen-bond donors (Lipinski definition) is 1. The van der Waals surface area contributed by atoms with Crippen molar-refractivity contribution in [2.24, 2.45) is 0 Å². The lowest BCUT2D eigenvalue weighted by molar-refractivity contribution is -0.136. The fourth-order valence-corrected chi connectivity index (χ4v) is 0.622. The Bertz CT molecular complexity index is 271. The standard InChI is InChI=1S/C8H7NO3/c10-6-8(11)9-12-7-4-2-1-3-5-7/h1-6H,(H,9,11). The van der Waals surface area contributed by atoms with E-state index in [0.717, 1.165) is 0 Å². The summed E-state index contributed by atoms with van der Waals surface area (Å²) in [7, 11) is 0. The van der Waals surface area contributed by atoms with E-state index in [0.29, 0.717) is 5.75 Å². The second kappa shape index (κ2) is 4.12. The topological polar surface area (TPSA) is 55.4 Å². The Morgan fingerprint density at radius 3 is 2.58 bits per heavy atom. The van der Waals surface area contributed by atoms with E-state index in [9.17, 15) is 9.59 Å². The summed E-state index contributed by atoms with van der Waals surface area (Å²) in [5.41, 5.74) is 1.94. The quantitative estimate of drug-likeness (QED) is 0.398. The van der Waals surface area contributed by atoms with Crippen LogP contribution in [-0.2, 0) is 9.59 Å². The molecule has 0 unspecified atom stereocenters. The molecule has 1 N–H and O–H groups in total. The highest BCUT2D eigenvalue weighted by Crippen LogP contribution is 2.05. The van der Waals surface area contributed by atoms with Gasteiger partial charge in [-0.1, -0.05) is 18.2 Å². The monoisotopic (exact) mass is 165 g/mol. The van der Waals surface area contributed by atoms with Crippen LogP contribution in [0, 0.1) is 0 Å². The molecule has 0 fully saturated rings.